The van der Waals surface area contributed by atoms with Gasteiger partial charge in [0, 0.05) is 49.5 Å². The van der Waals surface area contributed by atoms with Crippen LogP contribution in [0.2, 0.25) is 0 Å². The highest BCUT2D eigenvalue weighted by atomic mass is 32.1. The molecule has 1 aromatic heterocycles. The zero-order valence-electron chi connectivity index (χ0n) is 10.3. The summed E-state index contributed by atoms with van der Waals surface area (Å²) in [5, 5.41) is 10.7. The van der Waals surface area contributed by atoms with Crippen LogP contribution in [0.1, 0.15) is 15.2 Å². The summed E-state index contributed by atoms with van der Waals surface area (Å²) in [5.74, 6) is -0.356. The van der Waals surface area contributed by atoms with Gasteiger partial charge in [-0.05, 0) is 6.07 Å². The molecule has 0 aliphatic carbocycles. The van der Waals surface area contributed by atoms with Gasteiger partial charge in [-0.15, -0.1) is 11.3 Å². The molecule has 6 heteroatoms. The molecule has 0 saturated carbocycles. The summed E-state index contributed by atoms with van der Waals surface area (Å²) >= 11 is 1.59. The van der Waals surface area contributed by atoms with E-state index in [-0.39, 0.29) is 12.5 Å². The number of aliphatic hydroxyl groups excluding tert-OH is 1. The lowest BCUT2D eigenvalue weighted by Gasteiger charge is -2.34. The highest BCUT2D eigenvalue weighted by molar-refractivity contribution is 7.10. The molecule has 1 amide bonds. The monoisotopic (exact) mass is 269 g/mol. The zero-order chi connectivity index (χ0) is 13.0. The van der Waals surface area contributed by atoms with Gasteiger partial charge in [0.15, 0.2) is 0 Å². The van der Waals surface area contributed by atoms with Crippen molar-refractivity contribution < 1.29 is 9.90 Å². The lowest BCUT2D eigenvalue weighted by Crippen LogP contribution is -2.46. The van der Waals surface area contributed by atoms with Gasteiger partial charge < -0.3 is 10.8 Å². The molecule has 5 nitrogen and oxygen atoms in total. The van der Waals surface area contributed by atoms with Crippen molar-refractivity contribution in [3.05, 3.63) is 21.9 Å². The number of hydrogen-bond acceptors (Lipinski definition) is 5. The number of hydrogen-bond donors (Lipinski definition) is 2. The fourth-order valence-electron chi connectivity index (χ4n) is 2.13. The molecule has 0 atom stereocenters. The number of rotatable bonds is 5. The molecule has 100 valence electrons. The Balaban J connectivity index is 1.82. The van der Waals surface area contributed by atoms with Gasteiger partial charge in [0.1, 0.15) is 0 Å². The molecular weight excluding hydrogens is 250 g/mol. The highest BCUT2D eigenvalue weighted by Gasteiger charge is 2.17. The summed E-state index contributed by atoms with van der Waals surface area (Å²) in [6.07, 6.45) is 0. The molecule has 0 radical (unpaired) electrons. The maximum atomic E-state index is 11.0. The first-order chi connectivity index (χ1) is 8.69. The summed E-state index contributed by atoms with van der Waals surface area (Å²) in [6.45, 7) is 5.87. The summed E-state index contributed by atoms with van der Waals surface area (Å²) < 4.78 is 0. The topological polar surface area (TPSA) is 69.8 Å². The quantitative estimate of drug-likeness (QED) is 0.787. The van der Waals surface area contributed by atoms with Crippen molar-refractivity contribution >= 4 is 17.2 Å². The van der Waals surface area contributed by atoms with Gasteiger partial charge in [0.05, 0.1) is 12.2 Å². The molecule has 0 unspecified atom stereocenters. The molecule has 3 N–H and O–H groups in total. The van der Waals surface area contributed by atoms with Crippen molar-refractivity contribution in [2.24, 2.45) is 5.73 Å². The van der Waals surface area contributed by atoms with E-state index in [1.54, 1.807) is 11.3 Å². The first kappa shape index (κ1) is 13.5. The fourth-order valence-corrected chi connectivity index (χ4v) is 3.04. The van der Waals surface area contributed by atoms with Crippen molar-refractivity contribution in [1.82, 2.24) is 9.80 Å². The number of nitrogens with two attached hydrogens (primary N) is 1. The van der Waals surface area contributed by atoms with Gasteiger partial charge >= 0.3 is 0 Å². The van der Waals surface area contributed by atoms with Crippen LogP contribution in [-0.4, -0.2) is 60.1 Å². The number of carbonyl (C=O) groups excluding carboxylic acids is 1. The number of amides is 1. The van der Waals surface area contributed by atoms with Gasteiger partial charge in [0.25, 0.3) is 0 Å². The minimum Gasteiger partial charge on any atom is -0.395 e. The van der Waals surface area contributed by atoms with Crippen LogP contribution in [-0.2, 0) is 6.54 Å². The Bertz CT molecular complexity index is 400. The van der Waals surface area contributed by atoms with E-state index in [0.717, 1.165) is 39.3 Å². The van der Waals surface area contributed by atoms with E-state index in [1.807, 2.05) is 11.4 Å². The van der Waals surface area contributed by atoms with Gasteiger partial charge in [-0.3, -0.25) is 14.6 Å². The van der Waals surface area contributed by atoms with E-state index < -0.39 is 0 Å². The molecule has 1 saturated heterocycles. The molecule has 2 heterocycles. The van der Waals surface area contributed by atoms with E-state index in [4.69, 9.17) is 10.8 Å². The number of β-amino-alcohol motifs (C(OH)–C–C–N with tert-alkyl or cyclic N) is 1. The Kier molecular flexibility index (Phi) is 4.71. The summed E-state index contributed by atoms with van der Waals surface area (Å²) in [4.78, 5) is 16.8. The molecule has 1 fully saturated rings. The van der Waals surface area contributed by atoms with Crippen LogP contribution >= 0.6 is 11.3 Å². The largest absolute Gasteiger partial charge is 0.395 e. The van der Waals surface area contributed by atoms with E-state index >= 15 is 0 Å². The highest BCUT2D eigenvalue weighted by Crippen LogP contribution is 2.17. The summed E-state index contributed by atoms with van der Waals surface area (Å²) in [6, 6.07) is 1.88. The lowest BCUT2D eigenvalue weighted by molar-refractivity contribution is 0.100. The minimum atomic E-state index is -0.356. The van der Waals surface area contributed by atoms with Crippen LogP contribution in [0.5, 0.6) is 0 Å². The number of nitrogens with zero attached hydrogens (tertiary/aromatic N) is 2. The molecule has 1 aromatic rings. The first-order valence-corrected chi connectivity index (χ1v) is 7.00. The number of thiophene rings is 1. The molecular formula is C12H19N3O2S. The standard InChI is InChI=1S/C12H19N3O2S/c13-12(17)10-7-11(18-9-10)8-15-3-1-14(2-4-15)5-6-16/h7,9,16H,1-6,8H2,(H2,13,17). The smallest absolute Gasteiger partial charge is 0.249 e. The Morgan fingerprint density at radius 3 is 2.56 bits per heavy atom. The molecule has 0 spiro atoms. The van der Waals surface area contributed by atoms with E-state index in [0.29, 0.717) is 5.56 Å². The van der Waals surface area contributed by atoms with E-state index in [1.165, 1.54) is 4.88 Å². The second-order valence-electron chi connectivity index (χ2n) is 4.51. The van der Waals surface area contributed by atoms with Crippen LogP contribution in [0, 0.1) is 0 Å². The predicted molar refractivity (Wildman–Crippen MR) is 71.6 cm³/mol. The molecule has 0 aromatic carbocycles. The van der Waals surface area contributed by atoms with Gasteiger partial charge in [-0.2, -0.15) is 0 Å². The third kappa shape index (κ3) is 3.52. The molecule has 1 aliphatic heterocycles. The lowest BCUT2D eigenvalue weighted by atomic mass is 10.2. The fraction of sp³-hybridized carbons (Fsp3) is 0.583. The van der Waals surface area contributed by atoms with Gasteiger partial charge in [0.2, 0.25) is 5.91 Å². The van der Waals surface area contributed by atoms with E-state index in [9.17, 15) is 4.79 Å². The second kappa shape index (κ2) is 6.29. The third-order valence-corrected chi connectivity index (χ3v) is 4.12. The van der Waals surface area contributed by atoms with Crippen molar-refractivity contribution in [2.75, 3.05) is 39.3 Å². The number of carbonyl (C=O) groups is 1. The normalized spacial score (nSPS) is 18.1. The first-order valence-electron chi connectivity index (χ1n) is 6.12. The van der Waals surface area contributed by atoms with Crippen molar-refractivity contribution in [3.8, 4) is 0 Å². The predicted octanol–water partition coefficient (Wildman–Crippen LogP) is -0.0431. The van der Waals surface area contributed by atoms with Crippen molar-refractivity contribution in [1.29, 1.82) is 0 Å². The molecule has 1 aliphatic rings. The number of aliphatic hydroxyl groups is 1. The van der Waals surface area contributed by atoms with Crippen molar-refractivity contribution in [3.63, 3.8) is 0 Å². The van der Waals surface area contributed by atoms with Crippen molar-refractivity contribution in [2.45, 2.75) is 6.54 Å². The molecule has 2 rings (SSSR count). The third-order valence-electron chi connectivity index (χ3n) is 3.20. The van der Waals surface area contributed by atoms with Crippen LogP contribution in [0.3, 0.4) is 0 Å². The number of piperazine rings is 1. The Labute approximate surface area is 111 Å². The average Bonchev–Trinajstić information content (AvgIpc) is 2.81. The van der Waals surface area contributed by atoms with Crippen LogP contribution in [0.15, 0.2) is 11.4 Å². The summed E-state index contributed by atoms with van der Waals surface area (Å²) in [5.41, 5.74) is 5.84. The summed E-state index contributed by atoms with van der Waals surface area (Å²) in [7, 11) is 0. The Morgan fingerprint density at radius 1 is 1.33 bits per heavy atom. The SMILES string of the molecule is NC(=O)c1csc(CN2CCN(CCO)CC2)c1. The second-order valence-corrected chi connectivity index (χ2v) is 5.50. The minimum absolute atomic E-state index is 0.229. The van der Waals surface area contributed by atoms with Gasteiger partial charge in [-0.1, -0.05) is 0 Å². The molecule has 18 heavy (non-hydrogen) atoms. The average molecular weight is 269 g/mol. The maximum absolute atomic E-state index is 11.0. The van der Waals surface area contributed by atoms with Crippen LogP contribution in [0.25, 0.3) is 0 Å². The maximum Gasteiger partial charge on any atom is 0.249 e. The molecule has 0 bridgehead atoms. The Morgan fingerprint density at radius 2 is 2.00 bits per heavy atom. The Hall–Kier alpha value is -0.950. The number of primary amides is 1. The van der Waals surface area contributed by atoms with Gasteiger partial charge in [-0.25, -0.2) is 0 Å². The van der Waals surface area contributed by atoms with Crippen LogP contribution < -0.4 is 5.73 Å². The van der Waals surface area contributed by atoms with E-state index in [2.05, 4.69) is 9.80 Å². The zero-order valence-corrected chi connectivity index (χ0v) is 11.2. The van der Waals surface area contributed by atoms with Crippen LogP contribution in [0.4, 0.5) is 0 Å².